The Morgan fingerprint density at radius 1 is 1.64 bits per heavy atom. The molecule has 2 heteroatoms. The molecule has 1 atom stereocenters. The van der Waals surface area contributed by atoms with Crippen molar-refractivity contribution in [2.75, 3.05) is 0 Å². The molecule has 0 aromatic heterocycles. The second-order valence-electron chi connectivity index (χ2n) is 2.76. The molecule has 0 N–H and O–H groups in total. The van der Waals surface area contributed by atoms with Crippen molar-refractivity contribution in [3.8, 4) is 0 Å². The van der Waals surface area contributed by atoms with Gasteiger partial charge in [-0.1, -0.05) is 13.0 Å². The molecule has 0 saturated carbocycles. The van der Waals surface area contributed by atoms with Gasteiger partial charge in [-0.15, -0.1) is 0 Å². The Balaban J connectivity index is 4.21. The van der Waals surface area contributed by atoms with E-state index in [2.05, 4.69) is 0 Å². The number of allylic oxidation sites excluding steroid dienone is 1. The van der Waals surface area contributed by atoms with Crippen LogP contribution in [0.5, 0.6) is 0 Å². The maximum Gasteiger partial charge on any atom is 0.303 e. The van der Waals surface area contributed by atoms with E-state index in [9.17, 15) is 4.79 Å². The summed E-state index contributed by atoms with van der Waals surface area (Å²) in [7, 11) is 0. The first kappa shape index (κ1) is 10.2. The fourth-order valence-electron chi connectivity index (χ4n) is 0.905. The number of rotatable bonds is 3. The standard InChI is InChI=1S/C9H16O2/c1-5-7-9(4,6-2)11-8(3)10/h5,7H,6H2,1-4H3/b7-5+. The summed E-state index contributed by atoms with van der Waals surface area (Å²) in [6, 6.07) is 0. The minimum Gasteiger partial charge on any atom is -0.455 e. The molecule has 11 heavy (non-hydrogen) atoms. The van der Waals surface area contributed by atoms with Crippen molar-refractivity contribution in [3.05, 3.63) is 12.2 Å². The molecule has 0 aromatic rings. The summed E-state index contributed by atoms with van der Waals surface area (Å²) in [5.41, 5.74) is -0.416. The molecule has 0 spiro atoms. The monoisotopic (exact) mass is 156 g/mol. The first-order valence-corrected chi connectivity index (χ1v) is 3.87. The van der Waals surface area contributed by atoms with E-state index >= 15 is 0 Å². The van der Waals surface area contributed by atoms with Gasteiger partial charge in [-0.25, -0.2) is 0 Å². The molecule has 0 aliphatic carbocycles. The number of ether oxygens (including phenoxy) is 1. The van der Waals surface area contributed by atoms with Crippen LogP contribution in [0.4, 0.5) is 0 Å². The normalized spacial score (nSPS) is 16.4. The second-order valence-corrected chi connectivity index (χ2v) is 2.76. The van der Waals surface area contributed by atoms with E-state index in [1.165, 1.54) is 6.92 Å². The topological polar surface area (TPSA) is 26.3 Å². The van der Waals surface area contributed by atoms with Crippen molar-refractivity contribution in [3.63, 3.8) is 0 Å². The third-order valence-corrected chi connectivity index (χ3v) is 1.60. The maximum atomic E-state index is 10.6. The van der Waals surface area contributed by atoms with Gasteiger partial charge in [0.2, 0.25) is 0 Å². The Morgan fingerprint density at radius 3 is 2.45 bits per heavy atom. The van der Waals surface area contributed by atoms with Gasteiger partial charge in [0.1, 0.15) is 5.60 Å². The molecule has 0 radical (unpaired) electrons. The van der Waals surface area contributed by atoms with Crippen LogP contribution in [0.2, 0.25) is 0 Å². The molecule has 0 saturated heterocycles. The van der Waals surface area contributed by atoms with E-state index in [-0.39, 0.29) is 5.97 Å². The average Bonchev–Trinajstić information content (AvgIpc) is 1.87. The number of carbonyl (C=O) groups is 1. The van der Waals surface area contributed by atoms with Crippen LogP contribution in [-0.2, 0) is 9.53 Å². The highest BCUT2D eigenvalue weighted by Crippen LogP contribution is 2.16. The van der Waals surface area contributed by atoms with Gasteiger partial charge in [0.15, 0.2) is 0 Å². The summed E-state index contributed by atoms with van der Waals surface area (Å²) in [6.45, 7) is 7.23. The third-order valence-electron chi connectivity index (χ3n) is 1.60. The lowest BCUT2D eigenvalue weighted by Gasteiger charge is -2.23. The van der Waals surface area contributed by atoms with Gasteiger partial charge >= 0.3 is 5.97 Å². The van der Waals surface area contributed by atoms with Crippen LogP contribution < -0.4 is 0 Å². The van der Waals surface area contributed by atoms with Crippen LogP contribution in [-0.4, -0.2) is 11.6 Å². The molecule has 0 aliphatic rings. The fraction of sp³-hybridized carbons (Fsp3) is 0.667. The molecular formula is C9H16O2. The highest BCUT2D eigenvalue weighted by Gasteiger charge is 2.20. The summed E-state index contributed by atoms with van der Waals surface area (Å²) in [6.07, 6.45) is 4.60. The van der Waals surface area contributed by atoms with Crippen molar-refractivity contribution in [2.24, 2.45) is 0 Å². The predicted molar refractivity (Wildman–Crippen MR) is 45.3 cm³/mol. The lowest BCUT2D eigenvalue weighted by molar-refractivity contribution is -0.151. The molecule has 0 bridgehead atoms. The third kappa shape index (κ3) is 3.81. The Morgan fingerprint density at radius 2 is 2.18 bits per heavy atom. The summed E-state index contributed by atoms with van der Waals surface area (Å²) >= 11 is 0. The predicted octanol–water partition coefficient (Wildman–Crippen LogP) is 2.29. The number of esters is 1. The van der Waals surface area contributed by atoms with Gasteiger partial charge in [0.25, 0.3) is 0 Å². The Labute approximate surface area is 68.2 Å². The van der Waals surface area contributed by atoms with Crippen LogP contribution in [0, 0.1) is 0 Å². The van der Waals surface area contributed by atoms with Crippen molar-refractivity contribution in [2.45, 2.75) is 39.7 Å². The van der Waals surface area contributed by atoms with Crippen molar-refractivity contribution in [1.82, 2.24) is 0 Å². The van der Waals surface area contributed by atoms with E-state index in [1.54, 1.807) is 0 Å². The van der Waals surface area contributed by atoms with E-state index in [1.807, 2.05) is 32.9 Å². The number of carbonyl (C=O) groups excluding carboxylic acids is 1. The Bertz CT molecular complexity index is 161. The molecular weight excluding hydrogens is 140 g/mol. The molecule has 64 valence electrons. The SMILES string of the molecule is C/C=C/C(C)(CC)OC(C)=O. The average molecular weight is 156 g/mol. The smallest absolute Gasteiger partial charge is 0.303 e. The van der Waals surface area contributed by atoms with Crippen LogP contribution >= 0.6 is 0 Å². The van der Waals surface area contributed by atoms with Crippen molar-refractivity contribution in [1.29, 1.82) is 0 Å². The minimum atomic E-state index is -0.416. The molecule has 0 rings (SSSR count). The van der Waals surface area contributed by atoms with Crippen LogP contribution in [0.15, 0.2) is 12.2 Å². The van der Waals surface area contributed by atoms with Gasteiger partial charge in [0.05, 0.1) is 0 Å². The largest absolute Gasteiger partial charge is 0.455 e. The quantitative estimate of drug-likeness (QED) is 0.463. The number of hydrogen-bond donors (Lipinski definition) is 0. The van der Waals surface area contributed by atoms with Crippen molar-refractivity contribution < 1.29 is 9.53 Å². The summed E-state index contributed by atoms with van der Waals surface area (Å²) in [5, 5.41) is 0. The van der Waals surface area contributed by atoms with Gasteiger partial charge in [-0.2, -0.15) is 0 Å². The van der Waals surface area contributed by atoms with Gasteiger partial charge < -0.3 is 4.74 Å². The van der Waals surface area contributed by atoms with Crippen LogP contribution in [0.3, 0.4) is 0 Å². The molecule has 2 nitrogen and oxygen atoms in total. The highest BCUT2D eigenvalue weighted by molar-refractivity contribution is 5.66. The zero-order chi connectivity index (χ0) is 8.91. The zero-order valence-electron chi connectivity index (χ0n) is 7.68. The first-order chi connectivity index (χ1) is 5.04. The molecule has 0 amide bonds. The number of hydrogen-bond acceptors (Lipinski definition) is 2. The Kier molecular flexibility index (Phi) is 3.86. The lowest BCUT2D eigenvalue weighted by atomic mass is 10.0. The van der Waals surface area contributed by atoms with Gasteiger partial charge in [-0.3, -0.25) is 4.79 Å². The first-order valence-electron chi connectivity index (χ1n) is 3.87. The van der Waals surface area contributed by atoms with Crippen LogP contribution in [0.1, 0.15) is 34.1 Å². The molecule has 0 heterocycles. The van der Waals surface area contributed by atoms with Gasteiger partial charge in [0, 0.05) is 6.92 Å². The fourth-order valence-corrected chi connectivity index (χ4v) is 0.905. The summed E-state index contributed by atoms with van der Waals surface area (Å²) in [5.74, 6) is -0.229. The lowest BCUT2D eigenvalue weighted by Crippen LogP contribution is -2.27. The minimum absolute atomic E-state index is 0.229. The van der Waals surface area contributed by atoms with E-state index in [0.29, 0.717) is 0 Å². The maximum absolute atomic E-state index is 10.6. The molecule has 0 aromatic carbocycles. The highest BCUT2D eigenvalue weighted by atomic mass is 16.6. The molecule has 1 unspecified atom stereocenters. The van der Waals surface area contributed by atoms with Gasteiger partial charge in [-0.05, 0) is 26.3 Å². The molecule has 0 fully saturated rings. The van der Waals surface area contributed by atoms with E-state index < -0.39 is 5.60 Å². The van der Waals surface area contributed by atoms with Crippen LogP contribution in [0.25, 0.3) is 0 Å². The Hall–Kier alpha value is -0.790. The zero-order valence-corrected chi connectivity index (χ0v) is 7.68. The van der Waals surface area contributed by atoms with E-state index in [4.69, 9.17) is 4.74 Å². The second kappa shape index (κ2) is 4.16. The summed E-state index contributed by atoms with van der Waals surface area (Å²) in [4.78, 5) is 10.6. The van der Waals surface area contributed by atoms with E-state index in [0.717, 1.165) is 6.42 Å². The summed E-state index contributed by atoms with van der Waals surface area (Å²) < 4.78 is 5.10. The molecule has 0 aliphatic heterocycles. The van der Waals surface area contributed by atoms with Crippen molar-refractivity contribution >= 4 is 5.97 Å².